The van der Waals surface area contributed by atoms with Gasteiger partial charge in [0.05, 0.1) is 29.6 Å². The number of hydrogen-bond acceptors (Lipinski definition) is 8. The molecule has 1 aliphatic rings. The molecule has 0 unspecified atom stereocenters. The van der Waals surface area contributed by atoms with E-state index in [1.165, 1.54) is 16.9 Å². The summed E-state index contributed by atoms with van der Waals surface area (Å²) in [5, 5.41) is 13.5. The second-order valence-electron chi connectivity index (χ2n) is 8.26. The predicted molar refractivity (Wildman–Crippen MR) is 132 cm³/mol. The third kappa shape index (κ3) is 5.04. The van der Waals surface area contributed by atoms with E-state index >= 15 is 0 Å². The summed E-state index contributed by atoms with van der Waals surface area (Å²) in [6, 6.07) is 13.8. The topological polar surface area (TPSA) is 91.1 Å². The fraction of sp³-hybridized carbons (Fsp3) is 0.360. The molecule has 3 aromatic heterocycles. The lowest BCUT2D eigenvalue weighted by Crippen LogP contribution is -2.36. The van der Waals surface area contributed by atoms with Gasteiger partial charge in [-0.2, -0.15) is 9.61 Å². The van der Waals surface area contributed by atoms with Crippen LogP contribution in [0.15, 0.2) is 42.5 Å². The molecule has 0 aliphatic carbocycles. The number of aromatic nitrogens is 4. The van der Waals surface area contributed by atoms with Crippen molar-refractivity contribution in [2.75, 3.05) is 47.1 Å². The van der Waals surface area contributed by atoms with Gasteiger partial charge in [0.25, 0.3) is 5.91 Å². The molecule has 0 spiro atoms. The summed E-state index contributed by atoms with van der Waals surface area (Å²) in [5.74, 6) is 1.69. The third-order valence-corrected chi connectivity index (χ3v) is 7.03. The van der Waals surface area contributed by atoms with Crippen LogP contribution in [0.25, 0.3) is 16.2 Å². The van der Waals surface area contributed by atoms with Crippen LogP contribution in [-0.2, 0) is 22.3 Å². The molecule has 0 saturated carbocycles. The summed E-state index contributed by atoms with van der Waals surface area (Å²) in [7, 11) is 3.25. The Labute approximate surface area is 207 Å². The minimum absolute atomic E-state index is 0.0398. The number of amides is 1. The zero-order valence-corrected chi connectivity index (χ0v) is 20.6. The maximum absolute atomic E-state index is 13.1. The average Bonchev–Trinajstić information content (AvgIpc) is 3.63. The van der Waals surface area contributed by atoms with E-state index in [0.29, 0.717) is 43.2 Å². The molecule has 5 rings (SSSR count). The molecule has 1 aliphatic heterocycles. The number of nitrogens with zero attached hydrogens (tertiary/aromatic N) is 5. The van der Waals surface area contributed by atoms with Gasteiger partial charge in [-0.1, -0.05) is 12.1 Å². The number of methoxy groups -OCH3 is 2. The molecule has 0 N–H and O–H groups in total. The van der Waals surface area contributed by atoms with Gasteiger partial charge in [0.15, 0.2) is 11.5 Å². The lowest BCUT2D eigenvalue weighted by atomic mass is 10.1. The second kappa shape index (κ2) is 10.5. The fourth-order valence-electron chi connectivity index (χ4n) is 4.07. The van der Waals surface area contributed by atoms with E-state index in [2.05, 4.69) is 22.3 Å². The van der Waals surface area contributed by atoms with Gasteiger partial charge in [0.1, 0.15) is 11.4 Å². The number of fused-ring (bicyclic) bond motifs is 2. The molecule has 0 saturated heterocycles. The molecule has 35 heavy (non-hydrogen) atoms. The summed E-state index contributed by atoms with van der Waals surface area (Å²) in [6.07, 6.45) is 1.55. The van der Waals surface area contributed by atoms with Crippen molar-refractivity contribution in [1.82, 2.24) is 24.7 Å². The van der Waals surface area contributed by atoms with Crippen molar-refractivity contribution in [2.24, 2.45) is 0 Å². The first-order valence-electron chi connectivity index (χ1n) is 11.5. The number of rotatable bonds is 10. The lowest BCUT2D eigenvalue weighted by Gasteiger charge is -2.21. The Hall–Kier alpha value is -3.34. The van der Waals surface area contributed by atoms with Crippen molar-refractivity contribution in [3.8, 4) is 16.3 Å². The molecule has 0 radical (unpaired) electrons. The van der Waals surface area contributed by atoms with Crippen LogP contribution >= 0.6 is 11.3 Å². The Morgan fingerprint density at radius 3 is 2.71 bits per heavy atom. The molecule has 4 heterocycles. The summed E-state index contributed by atoms with van der Waals surface area (Å²) >= 11 is 1.42. The molecule has 0 atom stereocenters. The van der Waals surface area contributed by atoms with Crippen molar-refractivity contribution >= 4 is 22.9 Å². The monoisotopic (exact) mass is 493 g/mol. The summed E-state index contributed by atoms with van der Waals surface area (Å²) in [6.45, 7) is 2.70. The van der Waals surface area contributed by atoms with Crippen LogP contribution in [-0.4, -0.2) is 77.7 Å². The zero-order chi connectivity index (χ0) is 24.2. The maximum atomic E-state index is 13.1. The fourth-order valence-corrected chi connectivity index (χ4v) is 5.01. The number of carbonyl (C=O) groups excluding carboxylic acids is 1. The van der Waals surface area contributed by atoms with E-state index < -0.39 is 0 Å². The molecular formula is C25H27N5O4S. The minimum Gasteiger partial charge on any atom is -0.493 e. The Morgan fingerprint density at radius 1 is 1.09 bits per heavy atom. The van der Waals surface area contributed by atoms with Gasteiger partial charge in [-0.3, -0.25) is 4.79 Å². The minimum atomic E-state index is -0.0398. The Balaban J connectivity index is 1.37. The molecule has 9 nitrogen and oxygen atoms in total. The van der Waals surface area contributed by atoms with Crippen molar-refractivity contribution < 1.29 is 19.0 Å². The van der Waals surface area contributed by atoms with Crippen molar-refractivity contribution in [3.63, 3.8) is 0 Å². The first-order valence-corrected chi connectivity index (χ1v) is 12.3. The third-order valence-electron chi connectivity index (χ3n) is 5.93. The standard InChI is InChI=1S/C25H27N5O4S/c1-32-13-10-29(11-14-33-2)25(31)22-7-6-21(35-22)19-4-8-23-26-27-24(30(23)28-19)16-17-3-5-20-18(15-17)9-12-34-20/h3-8,15H,9-14,16H2,1-2H3. The number of hydrogen-bond donors (Lipinski definition) is 0. The van der Waals surface area contributed by atoms with Gasteiger partial charge in [0, 0.05) is 40.2 Å². The van der Waals surface area contributed by atoms with Gasteiger partial charge in [-0.15, -0.1) is 21.5 Å². The van der Waals surface area contributed by atoms with Gasteiger partial charge >= 0.3 is 0 Å². The normalized spacial score (nSPS) is 12.6. The number of thiophene rings is 1. The van der Waals surface area contributed by atoms with Crippen molar-refractivity contribution in [2.45, 2.75) is 12.8 Å². The smallest absolute Gasteiger partial charge is 0.264 e. The van der Waals surface area contributed by atoms with Crippen LogP contribution < -0.4 is 4.74 Å². The Bertz CT molecular complexity index is 1330. The average molecular weight is 494 g/mol. The van der Waals surface area contributed by atoms with Crippen LogP contribution in [0, 0.1) is 0 Å². The molecule has 1 amide bonds. The van der Waals surface area contributed by atoms with Gasteiger partial charge in [0.2, 0.25) is 0 Å². The van der Waals surface area contributed by atoms with E-state index in [9.17, 15) is 4.79 Å². The number of benzene rings is 1. The molecular weight excluding hydrogens is 466 g/mol. The van der Waals surface area contributed by atoms with E-state index in [1.807, 2.05) is 30.3 Å². The maximum Gasteiger partial charge on any atom is 0.264 e. The Kier molecular flexibility index (Phi) is 7.03. The van der Waals surface area contributed by atoms with E-state index in [-0.39, 0.29) is 5.91 Å². The molecule has 0 fully saturated rings. The Morgan fingerprint density at radius 2 is 1.91 bits per heavy atom. The molecule has 0 bridgehead atoms. The lowest BCUT2D eigenvalue weighted by molar-refractivity contribution is 0.0632. The van der Waals surface area contributed by atoms with Crippen LogP contribution in [0.1, 0.15) is 26.6 Å². The van der Waals surface area contributed by atoms with Crippen LogP contribution in [0.5, 0.6) is 5.75 Å². The van der Waals surface area contributed by atoms with Crippen LogP contribution in [0.2, 0.25) is 0 Å². The number of carbonyl (C=O) groups is 1. The molecule has 10 heteroatoms. The second-order valence-corrected chi connectivity index (χ2v) is 9.35. The highest BCUT2D eigenvalue weighted by Crippen LogP contribution is 2.29. The molecule has 182 valence electrons. The van der Waals surface area contributed by atoms with Gasteiger partial charge in [-0.05, 0) is 41.5 Å². The quantitative estimate of drug-likeness (QED) is 0.335. The highest BCUT2D eigenvalue weighted by Gasteiger charge is 2.19. The van der Waals surface area contributed by atoms with E-state index in [4.69, 9.17) is 19.3 Å². The van der Waals surface area contributed by atoms with Gasteiger partial charge in [-0.25, -0.2) is 0 Å². The van der Waals surface area contributed by atoms with Crippen LogP contribution in [0.4, 0.5) is 0 Å². The SMILES string of the molecule is COCCN(CCOC)C(=O)c1ccc(-c2ccc3nnc(Cc4ccc5c(c4)CCO5)n3n2)s1. The van der Waals surface area contributed by atoms with Crippen molar-refractivity contribution in [1.29, 1.82) is 0 Å². The largest absolute Gasteiger partial charge is 0.493 e. The van der Waals surface area contributed by atoms with E-state index in [1.54, 1.807) is 23.6 Å². The molecule has 4 aromatic rings. The highest BCUT2D eigenvalue weighted by molar-refractivity contribution is 7.17. The van der Waals surface area contributed by atoms with Gasteiger partial charge < -0.3 is 19.1 Å². The highest BCUT2D eigenvalue weighted by atomic mass is 32.1. The summed E-state index contributed by atoms with van der Waals surface area (Å²) < 4.78 is 17.7. The first kappa shape index (κ1) is 23.4. The number of ether oxygens (including phenoxy) is 3. The predicted octanol–water partition coefficient (Wildman–Crippen LogP) is 3.11. The van der Waals surface area contributed by atoms with Crippen LogP contribution in [0.3, 0.4) is 0 Å². The zero-order valence-electron chi connectivity index (χ0n) is 19.8. The summed E-state index contributed by atoms with van der Waals surface area (Å²) in [5.41, 5.74) is 3.83. The first-order chi connectivity index (χ1) is 17.2. The molecule has 1 aromatic carbocycles. The summed E-state index contributed by atoms with van der Waals surface area (Å²) in [4.78, 5) is 16.4. The van der Waals surface area contributed by atoms with Crippen molar-refractivity contribution in [3.05, 3.63) is 64.3 Å². The van der Waals surface area contributed by atoms with E-state index in [0.717, 1.165) is 40.7 Å².